The predicted octanol–water partition coefficient (Wildman–Crippen LogP) is 4.21. The lowest BCUT2D eigenvalue weighted by molar-refractivity contribution is -0.128. The van der Waals surface area contributed by atoms with E-state index in [2.05, 4.69) is 5.32 Å². The van der Waals surface area contributed by atoms with Gasteiger partial charge in [0.05, 0.1) is 6.61 Å². The van der Waals surface area contributed by atoms with Crippen LogP contribution in [0.1, 0.15) is 25.8 Å². The van der Waals surface area contributed by atoms with Crippen LogP contribution in [0.3, 0.4) is 0 Å². The van der Waals surface area contributed by atoms with E-state index in [9.17, 15) is 4.79 Å². The van der Waals surface area contributed by atoms with Crippen molar-refractivity contribution in [3.63, 3.8) is 0 Å². The normalized spacial score (nSPS) is 11.6. The molecule has 1 atom stereocenters. The van der Waals surface area contributed by atoms with Gasteiger partial charge in [0.2, 0.25) is 0 Å². The Balaban J connectivity index is 1.89. The first-order valence-electron chi connectivity index (χ1n) is 8.04. The van der Waals surface area contributed by atoms with Crippen LogP contribution in [-0.4, -0.2) is 18.6 Å². The molecule has 0 aliphatic rings. The van der Waals surface area contributed by atoms with Crippen molar-refractivity contribution in [2.24, 2.45) is 0 Å². The Hall–Kier alpha value is -2.20. The molecule has 2 aromatic carbocycles. The van der Waals surface area contributed by atoms with Gasteiger partial charge in [-0.25, -0.2) is 0 Å². The van der Waals surface area contributed by atoms with Crippen LogP contribution in [0.5, 0.6) is 11.5 Å². The summed E-state index contributed by atoms with van der Waals surface area (Å²) in [5.74, 6) is 1.26. The molecule has 0 bridgehead atoms. The van der Waals surface area contributed by atoms with E-state index in [1.807, 2.05) is 38.1 Å². The van der Waals surface area contributed by atoms with Crippen molar-refractivity contribution in [3.8, 4) is 11.5 Å². The molecule has 128 valence electrons. The largest absolute Gasteiger partial charge is 0.494 e. The van der Waals surface area contributed by atoms with Gasteiger partial charge in [-0.1, -0.05) is 36.7 Å². The SMILES string of the molecule is CCOc1ccc(CNC(=O)[C@@H](CC)Oc2cccc(Cl)c2)cc1. The zero-order valence-corrected chi connectivity index (χ0v) is 14.7. The number of carbonyl (C=O) groups is 1. The van der Waals surface area contributed by atoms with E-state index in [1.54, 1.807) is 24.3 Å². The zero-order chi connectivity index (χ0) is 17.4. The number of hydrogen-bond acceptors (Lipinski definition) is 3. The molecule has 0 fully saturated rings. The molecule has 24 heavy (non-hydrogen) atoms. The highest BCUT2D eigenvalue weighted by Gasteiger charge is 2.18. The minimum atomic E-state index is -0.550. The quantitative estimate of drug-likeness (QED) is 0.778. The Labute approximate surface area is 147 Å². The van der Waals surface area contributed by atoms with Crippen LogP contribution < -0.4 is 14.8 Å². The molecular formula is C19H22ClNO3. The molecule has 0 aliphatic heterocycles. The minimum absolute atomic E-state index is 0.147. The third kappa shape index (κ3) is 5.46. The molecule has 0 aromatic heterocycles. The molecule has 0 aliphatic carbocycles. The fraction of sp³-hybridized carbons (Fsp3) is 0.316. The van der Waals surface area contributed by atoms with Gasteiger partial charge in [0, 0.05) is 11.6 Å². The van der Waals surface area contributed by atoms with Crippen molar-refractivity contribution in [1.29, 1.82) is 0 Å². The van der Waals surface area contributed by atoms with Crippen LogP contribution in [0.15, 0.2) is 48.5 Å². The molecule has 4 nitrogen and oxygen atoms in total. The fourth-order valence-corrected chi connectivity index (χ4v) is 2.38. The number of nitrogens with one attached hydrogen (secondary N) is 1. The molecule has 2 rings (SSSR count). The molecule has 0 heterocycles. The summed E-state index contributed by atoms with van der Waals surface area (Å²) in [5, 5.41) is 3.48. The molecule has 1 amide bonds. The highest BCUT2D eigenvalue weighted by Crippen LogP contribution is 2.19. The van der Waals surface area contributed by atoms with Gasteiger partial charge in [-0.15, -0.1) is 0 Å². The summed E-state index contributed by atoms with van der Waals surface area (Å²) < 4.78 is 11.1. The highest BCUT2D eigenvalue weighted by molar-refractivity contribution is 6.30. The number of carbonyl (C=O) groups excluding carboxylic acids is 1. The summed E-state index contributed by atoms with van der Waals surface area (Å²) in [6.45, 7) is 4.93. The maximum absolute atomic E-state index is 12.3. The van der Waals surface area contributed by atoms with E-state index in [0.717, 1.165) is 11.3 Å². The highest BCUT2D eigenvalue weighted by atomic mass is 35.5. The molecule has 0 spiro atoms. The van der Waals surface area contributed by atoms with Crippen molar-refractivity contribution < 1.29 is 14.3 Å². The number of ether oxygens (including phenoxy) is 2. The second-order valence-electron chi connectivity index (χ2n) is 5.27. The maximum atomic E-state index is 12.3. The molecule has 0 saturated carbocycles. The monoisotopic (exact) mass is 347 g/mol. The average molecular weight is 348 g/mol. The number of rotatable bonds is 8. The van der Waals surface area contributed by atoms with E-state index in [-0.39, 0.29) is 5.91 Å². The summed E-state index contributed by atoms with van der Waals surface area (Å²) in [4.78, 5) is 12.3. The lowest BCUT2D eigenvalue weighted by Crippen LogP contribution is -2.37. The van der Waals surface area contributed by atoms with Crippen molar-refractivity contribution in [3.05, 3.63) is 59.1 Å². The summed E-state index contributed by atoms with van der Waals surface area (Å²) in [5.41, 5.74) is 1.00. The van der Waals surface area contributed by atoms with Gasteiger partial charge in [-0.3, -0.25) is 4.79 Å². The Bertz CT molecular complexity index is 658. The lowest BCUT2D eigenvalue weighted by atomic mass is 10.2. The Morgan fingerprint density at radius 1 is 1.12 bits per heavy atom. The van der Waals surface area contributed by atoms with Gasteiger partial charge in [0.15, 0.2) is 6.10 Å². The summed E-state index contributed by atoms with van der Waals surface area (Å²) in [6.07, 6.45) is 0.0212. The molecule has 0 saturated heterocycles. The number of amides is 1. The van der Waals surface area contributed by atoms with Gasteiger partial charge in [0.25, 0.3) is 5.91 Å². The summed E-state index contributed by atoms with van der Waals surface area (Å²) >= 11 is 5.94. The third-order valence-electron chi connectivity index (χ3n) is 3.44. The molecular weight excluding hydrogens is 326 g/mol. The maximum Gasteiger partial charge on any atom is 0.261 e. The Morgan fingerprint density at radius 3 is 2.50 bits per heavy atom. The van der Waals surface area contributed by atoms with Crippen molar-refractivity contribution in [2.75, 3.05) is 6.61 Å². The molecule has 0 unspecified atom stereocenters. The Morgan fingerprint density at radius 2 is 1.88 bits per heavy atom. The van der Waals surface area contributed by atoms with Gasteiger partial charge in [-0.2, -0.15) is 0 Å². The summed E-state index contributed by atoms with van der Waals surface area (Å²) in [6, 6.07) is 14.7. The first-order valence-corrected chi connectivity index (χ1v) is 8.41. The van der Waals surface area contributed by atoms with E-state index in [0.29, 0.717) is 30.3 Å². The average Bonchev–Trinajstić information content (AvgIpc) is 2.59. The second kappa shape index (κ2) is 9.18. The van der Waals surface area contributed by atoms with Gasteiger partial charge in [-0.05, 0) is 49.2 Å². The van der Waals surface area contributed by atoms with Crippen LogP contribution in [0.2, 0.25) is 5.02 Å². The molecule has 1 N–H and O–H groups in total. The number of benzene rings is 2. The Kier molecular flexibility index (Phi) is 6.94. The number of hydrogen-bond donors (Lipinski definition) is 1. The molecule has 5 heteroatoms. The van der Waals surface area contributed by atoms with E-state index in [1.165, 1.54) is 0 Å². The lowest BCUT2D eigenvalue weighted by Gasteiger charge is -2.17. The van der Waals surface area contributed by atoms with Crippen LogP contribution in [-0.2, 0) is 11.3 Å². The van der Waals surface area contributed by atoms with Crippen LogP contribution in [0, 0.1) is 0 Å². The fourth-order valence-electron chi connectivity index (χ4n) is 2.20. The summed E-state index contributed by atoms with van der Waals surface area (Å²) in [7, 11) is 0. The van der Waals surface area contributed by atoms with Gasteiger partial charge in [0.1, 0.15) is 11.5 Å². The molecule has 2 aromatic rings. The molecule has 0 radical (unpaired) electrons. The topological polar surface area (TPSA) is 47.6 Å². The van der Waals surface area contributed by atoms with E-state index in [4.69, 9.17) is 21.1 Å². The van der Waals surface area contributed by atoms with E-state index >= 15 is 0 Å². The van der Waals surface area contributed by atoms with Crippen LogP contribution in [0.4, 0.5) is 0 Å². The van der Waals surface area contributed by atoms with Crippen LogP contribution in [0.25, 0.3) is 0 Å². The first-order chi connectivity index (χ1) is 11.6. The van der Waals surface area contributed by atoms with Crippen molar-refractivity contribution >= 4 is 17.5 Å². The van der Waals surface area contributed by atoms with Gasteiger partial charge >= 0.3 is 0 Å². The number of halogens is 1. The first kappa shape index (κ1) is 18.1. The van der Waals surface area contributed by atoms with Crippen molar-refractivity contribution in [2.45, 2.75) is 32.9 Å². The standard InChI is InChI=1S/C19H22ClNO3/c1-3-18(24-17-7-5-6-15(20)12-17)19(22)21-13-14-8-10-16(11-9-14)23-4-2/h5-12,18H,3-4,13H2,1-2H3,(H,21,22)/t18-/m1/s1. The second-order valence-corrected chi connectivity index (χ2v) is 5.70. The smallest absolute Gasteiger partial charge is 0.261 e. The zero-order valence-electron chi connectivity index (χ0n) is 13.9. The minimum Gasteiger partial charge on any atom is -0.494 e. The van der Waals surface area contributed by atoms with E-state index < -0.39 is 6.10 Å². The van der Waals surface area contributed by atoms with Crippen molar-refractivity contribution in [1.82, 2.24) is 5.32 Å². The third-order valence-corrected chi connectivity index (χ3v) is 3.67. The van der Waals surface area contributed by atoms with Crippen LogP contribution >= 0.6 is 11.6 Å². The van der Waals surface area contributed by atoms with Gasteiger partial charge < -0.3 is 14.8 Å². The predicted molar refractivity (Wildman–Crippen MR) is 95.6 cm³/mol.